The number of anilines is 2. The second-order valence-corrected chi connectivity index (χ2v) is 16.7. The SMILES string of the molecule is O=C1CCC(N2C(=O)c3cccc(OCCCc4ccc(CCCC(=O)Nc5cccc(-c6ccc7c(c6)[C@H]6[C@H](CCN6Cc6ccncc6)[C@@H](CO)N7)c5)nc4)c3C2=O)C(=O)N1. The molecule has 14 nitrogen and oxygen atoms in total. The van der Waals surface area contributed by atoms with Crippen LogP contribution in [0, 0.1) is 5.92 Å². The minimum absolute atomic E-state index is 0.000468. The third-order valence-electron chi connectivity index (χ3n) is 12.6. The normalized spacial score (nSPS) is 20.4. The lowest BCUT2D eigenvalue weighted by Gasteiger charge is -2.39. The molecule has 4 atom stereocenters. The molecule has 2 fully saturated rings. The molecular formula is C49H49N7O7. The van der Waals surface area contributed by atoms with Crippen LogP contribution >= 0.6 is 0 Å². The average molecular weight is 848 g/mol. The molecule has 0 spiro atoms. The smallest absolute Gasteiger partial charge is 0.266 e. The van der Waals surface area contributed by atoms with E-state index in [9.17, 15) is 29.1 Å². The van der Waals surface area contributed by atoms with Crippen LogP contribution in [-0.2, 0) is 33.8 Å². The molecule has 14 heteroatoms. The van der Waals surface area contributed by atoms with Gasteiger partial charge in [-0.25, -0.2) is 0 Å². The number of benzene rings is 3. The number of amides is 5. The third-order valence-corrected chi connectivity index (χ3v) is 12.6. The number of aliphatic hydroxyl groups excluding tert-OH is 1. The molecule has 2 aromatic heterocycles. The van der Waals surface area contributed by atoms with E-state index in [0.29, 0.717) is 44.6 Å². The molecule has 0 aliphatic carbocycles. The van der Waals surface area contributed by atoms with E-state index in [1.165, 1.54) is 11.1 Å². The Morgan fingerprint density at radius 1 is 0.873 bits per heavy atom. The number of imide groups is 2. The Bertz CT molecular complexity index is 2550. The second kappa shape index (κ2) is 18.3. The number of hydrogen-bond acceptors (Lipinski definition) is 11. The van der Waals surface area contributed by atoms with Crippen molar-refractivity contribution in [3.63, 3.8) is 0 Å². The second-order valence-electron chi connectivity index (χ2n) is 16.7. The maximum Gasteiger partial charge on any atom is 0.266 e. The summed E-state index contributed by atoms with van der Waals surface area (Å²) in [6.07, 6.45) is 9.58. The number of hydrogen-bond donors (Lipinski definition) is 4. The molecule has 5 aromatic rings. The molecule has 4 N–H and O–H groups in total. The first-order valence-electron chi connectivity index (χ1n) is 21.7. The number of nitrogens with one attached hydrogen (secondary N) is 3. The molecule has 1 unspecified atom stereocenters. The van der Waals surface area contributed by atoms with Crippen molar-refractivity contribution in [3.05, 3.63) is 137 Å². The first-order valence-corrected chi connectivity index (χ1v) is 21.7. The van der Waals surface area contributed by atoms with Crippen molar-refractivity contribution in [1.29, 1.82) is 0 Å². The van der Waals surface area contributed by atoms with Crippen molar-refractivity contribution < 1.29 is 33.8 Å². The fraction of sp³-hybridized carbons (Fsp3) is 0.327. The zero-order valence-corrected chi connectivity index (χ0v) is 34.8. The van der Waals surface area contributed by atoms with Gasteiger partial charge < -0.3 is 20.5 Å². The van der Waals surface area contributed by atoms with Gasteiger partial charge in [-0.2, -0.15) is 0 Å². The molecule has 0 radical (unpaired) electrons. The van der Waals surface area contributed by atoms with E-state index in [0.717, 1.165) is 58.2 Å². The number of aromatic nitrogens is 2. The summed E-state index contributed by atoms with van der Waals surface area (Å²) in [6, 6.07) is 26.5. The fourth-order valence-electron chi connectivity index (χ4n) is 9.48. The van der Waals surface area contributed by atoms with Crippen molar-refractivity contribution in [2.75, 3.05) is 30.4 Å². The number of nitrogens with zero attached hydrogens (tertiary/aromatic N) is 4. The standard InChI is InChI=1S/C49H49N7O7/c57-29-40-36-20-23-55(28-31-18-21-50-22-19-31)46(36)38-26-33(13-15-39(38)53-40)32-6-1-8-35(25-32)52-43(58)11-2-7-34-14-12-30(27-51-34)5-4-24-63-42-10-3-9-37-45(42)49(62)56(48(37)61)41-16-17-44(59)54-47(41)60/h1,3,6,8-10,12-15,18-19,21-22,25-27,36,40-41,46,53,57H,2,4-5,7,11,16-17,20,23-24,28-29H2,(H,52,58)(H,54,59,60)/t36-,40-,41?,46-/m1/s1. The maximum absolute atomic E-state index is 13.3. The van der Waals surface area contributed by atoms with Gasteiger partial charge in [-0.05, 0) is 127 Å². The third kappa shape index (κ3) is 8.82. The van der Waals surface area contributed by atoms with Crippen molar-refractivity contribution in [1.82, 2.24) is 25.1 Å². The fourth-order valence-corrected chi connectivity index (χ4v) is 9.48. The van der Waals surface area contributed by atoms with E-state index in [1.54, 1.807) is 18.2 Å². The highest BCUT2D eigenvalue weighted by molar-refractivity contribution is 6.24. The summed E-state index contributed by atoms with van der Waals surface area (Å²) in [4.78, 5) is 75.8. The lowest BCUT2D eigenvalue weighted by atomic mass is 9.82. The quantitative estimate of drug-likeness (QED) is 0.0731. The summed E-state index contributed by atoms with van der Waals surface area (Å²) in [5.41, 5.74) is 8.54. The van der Waals surface area contributed by atoms with Crippen LogP contribution in [0.3, 0.4) is 0 Å². The molecule has 2 saturated heterocycles. The van der Waals surface area contributed by atoms with Gasteiger partial charge >= 0.3 is 0 Å². The van der Waals surface area contributed by atoms with E-state index in [4.69, 9.17) is 4.74 Å². The number of pyridine rings is 2. The first-order chi connectivity index (χ1) is 30.7. The molecule has 4 aliphatic heterocycles. The zero-order valence-electron chi connectivity index (χ0n) is 34.8. The summed E-state index contributed by atoms with van der Waals surface area (Å²) in [5, 5.41) is 19.2. The Kier molecular flexibility index (Phi) is 12.1. The van der Waals surface area contributed by atoms with E-state index in [1.807, 2.05) is 48.9 Å². The molecule has 5 amide bonds. The number of fused-ring (bicyclic) bond motifs is 4. The van der Waals surface area contributed by atoms with E-state index < -0.39 is 29.7 Å². The van der Waals surface area contributed by atoms with Crippen LogP contribution in [0.1, 0.15) is 87.7 Å². The summed E-state index contributed by atoms with van der Waals surface area (Å²) in [7, 11) is 0. The molecule has 63 heavy (non-hydrogen) atoms. The molecule has 0 saturated carbocycles. The van der Waals surface area contributed by atoms with E-state index in [2.05, 4.69) is 67.2 Å². The molecule has 4 aliphatic rings. The van der Waals surface area contributed by atoms with Gasteiger partial charge in [-0.15, -0.1) is 0 Å². The highest BCUT2D eigenvalue weighted by Crippen LogP contribution is 2.48. The van der Waals surface area contributed by atoms with Gasteiger partial charge in [-0.1, -0.05) is 30.3 Å². The maximum atomic E-state index is 13.3. The number of rotatable bonds is 15. The largest absolute Gasteiger partial charge is 0.493 e. The van der Waals surface area contributed by atoms with E-state index in [-0.39, 0.29) is 54.3 Å². The first kappa shape index (κ1) is 41.6. The Labute approximate surface area is 365 Å². The van der Waals surface area contributed by atoms with Gasteiger partial charge in [0.1, 0.15) is 11.8 Å². The number of ether oxygens (including phenoxy) is 1. The molecule has 0 bridgehead atoms. The van der Waals surface area contributed by atoms with Crippen LogP contribution in [0.25, 0.3) is 11.1 Å². The predicted octanol–water partition coefficient (Wildman–Crippen LogP) is 5.87. The van der Waals surface area contributed by atoms with Gasteiger partial charge in [0.2, 0.25) is 17.7 Å². The topological polar surface area (TPSA) is 183 Å². The number of aryl methyl sites for hydroxylation is 2. The summed E-state index contributed by atoms with van der Waals surface area (Å²) >= 11 is 0. The zero-order chi connectivity index (χ0) is 43.5. The Morgan fingerprint density at radius 3 is 2.52 bits per heavy atom. The number of carbonyl (C=O) groups excluding carboxylic acids is 5. The summed E-state index contributed by atoms with van der Waals surface area (Å²) < 4.78 is 5.98. The predicted molar refractivity (Wildman–Crippen MR) is 235 cm³/mol. The van der Waals surface area contributed by atoms with Crippen molar-refractivity contribution in [3.8, 4) is 16.9 Å². The summed E-state index contributed by atoms with van der Waals surface area (Å²) in [6.45, 7) is 2.15. The van der Waals surface area contributed by atoms with Gasteiger partial charge in [-0.3, -0.25) is 49.1 Å². The average Bonchev–Trinajstić information content (AvgIpc) is 3.83. The van der Waals surface area contributed by atoms with Crippen LogP contribution < -0.4 is 20.7 Å². The lowest BCUT2D eigenvalue weighted by Crippen LogP contribution is -2.54. The van der Waals surface area contributed by atoms with Crippen molar-refractivity contribution >= 4 is 40.9 Å². The minimum atomic E-state index is -1.04. The highest BCUT2D eigenvalue weighted by Gasteiger charge is 2.46. The number of carbonyl (C=O) groups is 5. The molecule has 6 heterocycles. The van der Waals surface area contributed by atoms with Crippen LogP contribution in [0.4, 0.5) is 11.4 Å². The van der Waals surface area contributed by atoms with Crippen LogP contribution in [-0.4, -0.2) is 86.3 Å². The number of piperidine rings is 1. The van der Waals surface area contributed by atoms with Gasteiger partial charge in [0.05, 0.1) is 30.4 Å². The molecular weight excluding hydrogens is 799 g/mol. The monoisotopic (exact) mass is 847 g/mol. The Morgan fingerprint density at radius 2 is 1.71 bits per heavy atom. The Balaban J connectivity index is 0.746. The number of aliphatic hydroxyl groups is 1. The van der Waals surface area contributed by atoms with Gasteiger partial charge in [0.15, 0.2) is 0 Å². The van der Waals surface area contributed by atoms with E-state index >= 15 is 0 Å². The lowest BCUT2D eigenvalue weighted by molar-refractivity contribution is -0.136. The molecule has 3 aromatic carbocycles. The van der Waals surface area contributed by atoms with Crippen molar-refractivity contribution in [2.24, 2.45) is 5.92 Å². The van der Waals surface area contributed by atoms with Crippen LogP contribution in [0.2, 0.25) is 0 Å². The minimum Gasteiger partial charge on any atom is -0.493 e. The molecule has 9 rings (SSSR count). The summed E-state index contributed by atoms with van der Waals surface area (Å²) in [5.74, 6) is -1.74. The van der Waals surface area contributed by atoms with Crippen LogP contribution in [0.5, 0.6) is 5.75 Å². The molecule has 322 valence electrons. The van der Waals surface area contributed by atoms with Gasteiger partial charge in [0, 0.05) is 67.0 Å². The van der Waals surface area contributed by atoms with Crippen LogP contribution in [0.15, 0.2) is 104 Å². The highest BCUT2D eigenvalue weighted by atomic mass is 16.5. The van der Waals surface area contributed by atoms with Gasteiger partial charge in [0.25, 0.3) is 11.8 Å². The number of likely N-dealkylation sites (tertiary alicyclic amines) is 1. The Hall–Kier alpha value is -6.77. The van der Waals surface area contributed by atoms with Crippen molar-refractivity contribution in [2.45, 2.75) is 76.0 Å².